The Labute approximate surface area is 140 Å². The van der Waals surface area contributed by atoms with Crippen LogP contribution < -0.4 is 5.32 Å². The predicted octanol–water partition coefficient (Wildman–Crippen LogP) is 2.28. The number of likely N-dealkylation sites (tertiary alicyclic amines) is 1. The Kier molecular flexibility index (Phi) is 5.38. The molecule has 6 heteroatoms. The second kappa shape index (κ2) is 7.68. The van der Waals surface area contributed by atoms with Crippen LogP contribution in [-0.4, -0.2) is 40.1 Å². The number of hydrogen-bond donors (Lipinski definition) is 2. The average Bonchev–Trinajstić information content (AvgIpc) is 3.18. The predicted molar refractivity (Wildman–Crippen MR) is 91.4 cm³/mol. The summed E-state index contributed by atoms with van der Waals surface area (Å²) < 4.78 is 0. The molecule has 1 fully saturated rings. The van der Waals surface area contributed by atoms with E-state index >= 15 is 0 Å². The molecule has 1 aromatic carbocycles. The number of aromatic nitrogens is 1. The highest BCUT2D eigenvalue weighted by Gasteiger charge is 2.24. The molecule has 0 aliphatic carbocycles. The van der Waals surface area contributed by atoms with E-state index in [0.717, 1.165) is 42.3 Å². The molecule has 0 bridgehead atoms. The Morgan fingerprint density at radius 3 is 3.00 bits per heavy atom. The Morgan fingerprint density at radius 2 is 2.22 bits per heavy atom. The molecule has 3 rings (SSSR count). The smallest absolute Gasteiger partial charge is 0.231 e. The van der Waals surface area contributed by atoms with Crippen molar-refractivity contribution in [2.24, 2.45) is 0 Å². The van der Waals surface area contributed by atoms with E-state index in [-0.39, 0.29) is 18.6 Å². The third-order valence-electron chi connectivity index (χ3n) is 4.04. The minimum atomic E-state index is -0.0495. The van der Waals surface area contributed by atoms with Crippen LogP contribution >= 0.6 is 11.3 Å². The Hall–Kier alpha value is -1.76. The van der Waals surface area contributed by atoms with Crippen molar-refractivity contribution in [1.29, 1.82) is 0 Å². The number of rotatable bonds is 6. The number of carbonyl (C=O) groups excluding carboxylic acids is 1. The molecule has 2 aromatic rings. The molecule has 2 N–H and O–H groups in total. The van der Waals surface area contributed by atoms with Crippen LogP contribution in [0.1, 0.15) is 23.5 Å². The zero-order chi connectivity index (χ0) is 16.1. The first-order valence-electron chi connectivity index (χ1n) is 7.87. The maximum atomic E-state index is 12.0. The Bertz CT molecular complexity index is 644. The largest absolute Gasteiger partial charge is 0.395 e. The minimum absolute atomic E-state index is 0.0495. The van der Waals surface area contributed by atoms with Gasteiger partial charge in [0, 0.05) is 23.7 Å². The lowest BCUT2D eigenvalue weighted by Crippen LogP contribution is -2.31. The van der Waals surface area contributed by atoms with Crippen molar-refractivity contribution >= 4 is 22.9 Å². The maximum absolute atomic E-state index is 12.0. The molecular weight excluding hydrogens is 310 g/mol. The molecule has 0 radical (unpaired) electrons. The summed E-state index contributed by atoms with van der Waals surface area (Å²) >= 11 is 1.52. The van der Waals surface area contributed by atoms with E-state index < -0.39 is 0 Å². The zero-order valence-corrected chi connectivity index (χ0v) is 13.8. The summed E-state index contributed by atoms with van der Waals surface area (Å²) in [4.78, 5) is 18.9. The third kappa shape index (κ3) is 4.37. The number of anilines is 1. The van der Waals surface area contributed by atoms with Gasteiger partial charge in [-0.1, -0.05) is 18.2 Å². The van der Waals surface area contributed by atoms with Crippen LogP contribution in [-0.2, 0) is 17.8 Å². The van der Waals surface area contributed by atoms with Gasteiger partial charge in [0.25, 0.3) is 0 Å². The topological polar surface area (TPSA) is 65.5 Å². The molecule has 1 saturated heterocycles. The molecule has 23 heavy (non-hydrogen) atoms. The van der Waals surface area contributed by atoms with Crippen LogP contribution in [0.15, 0.2) is 35.7 Å². The van der Waals surface area contributed by atoms with E-state index in [9.17, 15) is 9.90 Å². The minimum Gasteiger partial charge on any atom is -0.395 e. The van der Waals surface area contributed by atoms with Gasteiger partial charge in [-0.15, -0.1) is 11.3 Å². The number of thiazole rings is 1. The van der Waals surface area contributed by atoms with Crippen molar-refractivity contribution in [2.45, 2.75) is 31.8 Å². The van der Waals surface area contributed by atoms with Gasteiger partial charge in [-0.3, -0.25) is 9.69 Å². The van der Waals surface area contributed by atoms with Gasteiger partial charge in [0.15, 0.2) is 0 Å². The SMILES string of the molecule is O=C(Cc1nc(CN2CCC[C@@H]2CO)cs1)Nc1ccccc1. The third-order valence-corrected chi connectivity index (χ3v) is 4.94. The molecule has 2 heterocycles. The number of para-hydroxylation sites is 1. The molecule has 0 saturated carbocycles. The second-order valence-corrected chi connectivity index (χ2v) is 6.72. The quantitative estimate of drug-likeness (QED) is 0.852. The zero-order valence-electron chi connectivity index (χ0n) is 12.9. The molecule has 1 amide bonds. The van der Waals surface area contributed by atoms with E-state index in [1.165, 1.54) is 11.3 Å². The normalized spacial score (nSPS) is 18.2. The average molecular weight is 331 g/mol. The maximum Gasteiger partial charge on any atom is 0.231 e. The van der Waals surface area contributed by atoms with Crippen molar-refractivity contribution in [3.8, 4) is 0 Å². The summed E-state index contributed by atoms with van der Waals surface area (Å²) in [5.41, 5.74) is 1.79. The van der Waals surface area contributed by atoms with E-state index in [4.69, 9.17) is 0 Å². The van der Waals surface area contributed by atoms with Gasteiger partial charge < -0.3 is 10.4 Å². The van der Waals surface area contributed by atoms with E-state index in [0.29, 0.717) is 6.42 Å². The number of benzene rings is 1. The van der Waals surface area contributed by atoms with Gasteiger partial charge in [-0.25, -0.2) is 4.98 Å². The van der Waals surface area contributed by atoms with Crippen molar-refractivity contribution in [3.05, 3.63) is 46.4 Å². The molecule has 1 atom stereocenters. The van der Waals surface area contributed by atoms with Gasteiger partial charge in [-0.05, 0) is 31.5 Å². The molecule has 1 aliphatic heterocycles. The van der Waals surface area contributed by atoms with Gasteiger partial charge in [0.05, 0.1) is 18.7 Å². The summed E-state index contributed by atoms with van der Waals surface area (Å²) in [5, 5.41) is 15.1. The molecule has 122 valence electrons. The highest BCUT2D eigenvalue weighted by molar-refractivity contribution is 7.09. The van der Waals surface area contributed by atoms with Crippen LogP contribution in [0.4, 0.5) is 5.69 Å². The van der Waals surface area contributed by atoms with Crippen molar-refractivity contribution in [1.82, 2.24) is 9.88 Å². The summed E-state index contributed by atoms with van der Waals surface area (Å²) in [6, 6.07) is 9.69. The van der Waals surface area contributed by atoms with Gasteiger partial charge in [0.1, 0.15) is 5.01 Å². The number of aliphatic hydroxyl groups is 1. The fourth-order valence-corrected chi connectivity index (χ4v) is 3.67. The molecule has 0 spiro atoms. The Morgan fingerprint density at radius 1 is 1.39 bits per heavy atom. The number of hydrogen-bond acceptors (Lipinski definition) is 5. The van der Waals surface area contributed by atoms with Gasteiger partial charge >= 0.3 is 0 Å². The molecule has 1 aliphatic rings. The van der Waals surface area contributed by atoms with Crippen LogP contribution in [0.25, 0.3) is 0 Å². The highest BCUT2D eigenvalue weighted by atomic mass is 32.1. The first-order chi connectivity index (χ1) is 11.2. The van der Waals surface area contributed by atoms with Crippen molar-refractivity contribution in [2.75, 3.05) is 18.5 Å². The number of nitrogens with one attached hydrogen (secondary N) is 1. The summed E-state index contributed by atoms with van der Waals surface area (Å²) in [7, 11) is 0. The van der Waals surface area contributed by atoms with Crippen molar-refractivity contribution in [3.63, 3.8) is 0 Å². The summed E-state index contributed by atoms with van der Waals surface area (Å²) in [6.07, 6.45) is 2.47. The van der Waals surface area contributed by atoms with E-state index in [2.05, 4.69) is 15.2 Å². The standard InChI is InChI=1S/C17H21N3O2S/c21-11-15-7-4-8-20(15)10-14-12-23-17(19-14)9-16(22)18-13-5-2-1-3-6-13/h1-3,5-6,12,15,21H,4,7-11H2,(H,18,22)/t15-/m1/s1. The lowest BCUT2D eigenvalue weighted by molar-refractivity contribution is -0.115. The van der Waals surface area contributed by atoms with Crippen LogP contribution in [0.3, 0.4) is 0 Å². The van der Waals surface area contributed by atoms with Crippen LogP contribution in [0.2, 0.25) is 0 Å². The second-order valence-electron chi connectivity index (χ2n) is 5.77. The molecule has 5 nitrogen and oxygen atoms in total. The van der Waals surface area contributed by atoms with E-state index in [1.54, 1.807) is 0 Å². The number of aliphatic hydroxyl groups excluding tert-OH is 1. The molecular formula is C17H21N3O2S. The van der Waals surface area contributed by atoms with Crippen molar-refractivity contribution < 1.29 is 9.90 Å². The Balaban J connectivity index is 1.54. The number of carbonyl (C=O) groups is 1. The fourth-order valence-electron chi connectivity index (χ4n) is 2.88. The van der Waals surface area contributed by atoms with Crippen LogP contribution in [0, 0.1) is 0 Å². The highest BCUT2D eigenvalue weighted by Crippen LogP contribution is 2.21. The molecule has 0 unspecified atom stereocenters. The van der Waals surface area contributed by atoms with Gasteiger partial charge in [0.2, 0.25) is 5.91 Å². The summed E-state index contributed by atoms with van der Waals surface area (Å²) in [5.74, 6) is -0.0495. The number of amides is 1. The van der Waals surface area contributed by atoms with E-state index in [1.807, 2.05) is 35.7 Å². The first-order valence-corrected chi connectivity index (χ1v) is 8.75. The lowest BCUT2D eigenvalue weighted by Gasteiger charge is -2.21. The molecule has 1 aromatic heterocycles. The van der Waals surface area contributed by atoms with Crippen LogP contribution in [0.5, 0.6) is 0 Å². The fraction of sp³-hybridized carbons (Fsp3) is 0.412. The monoisotopic (exact) mass is 331 g/mol. The number of nitrogens with zero attached hydrogens (tertiary/aromatic N) is 2. The summed E-state index contributed by atoms with van der Waals surface area (Å²) in [6.45, 7) is 1.96. The lowest BCUT2D eigenvalue weighted by atomic mass is 10.2. The first kappa shape index (κ1) is 16.1. The van der Waals surface area contributed by atoms with Gasteiger partial charge in [-0.2, -0.15) is 0 Å².